The predicted molar refractivity (Wildman–Crippen MR) is 77.7 cm³/mol. The van der Waals surface area contributed by atoms with Crippen LogP contribution >= 0.6 is 0 Å². The first-order valence-corrected chi connectivity index (χ1v) is 7.37. The molecule has 1 fully saturated rings. The van der Waals surface area contributed by atoms with E-state index in [0.717, 1.165) is 25.8 Å². The minimum atomic E-state index is -0.956. The third-order valence-electron chi connectivity index (χ3n) is 3.70. The van der Waals surface area contributed by atoms with Gasteiger partial charge >= 0.3 is 12.0 Å². The van der Waals surface area contributed by atoms with E-state index in [1.807, 2.05) is 6.92 Å². The number of piperidine rings is 1. The molecule has 1 heterocycles. The molecule has 1 saturated heterocycles. The number of aliphatic carboxylic acids is 1. The molecule has 1 atom stereocenters. The molecule has 0 aromatic rings. The molecule has 0 bridgehead atoms. The molecule has 116 valence electrons. The van der Waals surface area contributed by atoms with E-state index in [1.54, 1.807) is 4.90 Å². The Morgan fingerprint density at radius 3 is 2.40 bits per heavy atom. The van der Waals surface area contributed by atoms with Gasteiger partial charge < -0.3 is 20.2 Å². The van der Waals surface area contributed by atoms with Crippen LogP contribution in [0.25, 0.3) is 0 Å². The van der Waals surface area contributed by atoms with Crippen molar-refractivity contribution in [2.24, 2.45) is 5.92 Å². The zero-order chi connectivity index (χ0) is 15.1. The summed E-state index contributed by atoms with van der Waals surface area (Å²) in [5.74, 6) is -0.331. The lowest BCUT2D eigenvalue weighted by atomic mass is 9.96. The smallest absolute Gasteiger partial charge is 0.326 e. The highest BCUT2D eigenvalue weighted by Gasteiger charge is 2.26. The Hall–Kier alpha value is -1.30. The van der Waals surface area contributed by atoms with Gasteiger partial charge in [-0.15, -0.1) is 0 Å². The zero-order valence-corrected chi connectivity index (χ0v) is 12.8. The van der Waals surface area contributed by atoms with Crippen molar-refractivity contribution in [2.45, 2.75) is 38.6 Å². The quantitative estimate of drug-likeness (QED) is 0.769. The van der Waals surface area contributed by atoms with Gasteiger partial charge in [-0.05, 0) is 39.3 Å². The molecule has 1 aliphatic heterocycles. The number of amides is 2. The average Bonchev–Trinajstić information content (AvgIpc) is 2.38. The van der Waals surface area contributed by atoms with Gasteiger partial charge in [0, 0.05) is 19.6 Å². The molecule has 1 unspecified atom stereocenters. The summed E-state index contributed by atoms with van der Waals surface area (Å²) < 4.78 is 0. The number of hydrogen-bond donors (Lipinski definition) is 2. The van der Waals surface area contributed by atoms with Gasteiger partial charge in [-0.2, -0.15) is 0 Å². The number of nitrogens with one attached hydrogen (secondary N) is 1. The lowest BCUT2D eigenvalue weighted by molar-refractivity contribution is -0.139. The maximum atomic E-state index is 12.1. The van der Waals surface area contributed by atoms with Crippen LogP contribution in [0, 0.1) is 5.92 Å². The van der Waals surface area contributed by atoms with E-state index in [4.69, 9.17) is 5.11 Å². The van der Waals surface area contributed by atoms with Crippen molar-refractivity contribution in [3.63, 3.8) is 0 Å². The Morgan fingerprint density at radius 1 is 1.35 bits per heavy atom. The van der Waals surface area contributed by atoms with Crippen LogP contribution in [-0.4, -0.2) is 66.7 Å². The van der Waals surface area contributed by atoms with Gasteiger partial charge in [-0.1, -0.05) is 13.3 Å². The van der Waals surface area contributed by atoms with Gasteiger partial charge in [0.1, 0.15) is 6.04 Å². The molecule has 0 saturated carbocycles. The van der Waals surface area contributed by atoms with Crippen LogP contribution in [-0.2, 0) is 4.79 Å². The van der Waals surface area contributed by atoms with E-state index in [-0.39, 0.29) is 6.03 Å². The summed E-state index contributed by atoms with van der Waals surface area (Å²) in [4.78, 5) is 27.0. The fourth-order valence-corrected chi connectivity index (χ4v) is 2.62. The summed E-state index contributed by atoms with van der Waals surface area (Å²) in [6.07, 6.45) is 3.18. The predicted octanol–water partition coefficient (Wildman–Crippen LogP) is 1.22. The first-order valence-electron chi connectivity index (χ1n) is 7.37. The largest absolute Gasteiger partial charge is 0.480 e. The lowest BCUT2D eigenvalue weighted by Crippen LogP contribution is -2.50. The molecule has 0 aliphatic carbocycles. The molecule has 6 nitrogen and oxygen atoms in total. The zero-order valence-electron chi connectivity index (χ0n) is 12.8. The highest BCUT2D eigenvalue weighted by atomic mass is 16.4. The van der Waals surface area contributed by atoms with Crippen molar-refractivity contribution in [1.29, 1.82) is 0 Å². The fraction of sp³-hybridized carbons (Fsp3) is 0.857. The maximum Gasteiger partial charge on any atom is 0.326 e. The number of rotatable bonds is 6. The van der Waals surface area contributed by atoms with Crippen LogP contribution < -0.4 is 5.32 Å². The van der Waals surface area contributed by atoms with Crippen LogP contribution in [0.5, 0.6) is 0 Å². The van der Waals surface area contributed by atoms with Gasteiger partial charge in [0.2, 0.25) is 0 Å². The molecule has 6 heteroatoms. The summed E-state index contributed by atoms with van der Waals surface area (Å²) in [6.45, 7) is 4.38. The summed E-state index contributed by atoms with van der Waals surface area (Å²) in [5.41, 5.74) is 0. The Balaban J connectivity index is 2.40. The Kier molecular flexibility index (Phi) is 6.78. The average molecular weight is 285 g/mol. The van der Waals surface area contributed by atoms with E-state index < -0.39 is 12.0 Å². The van der Waals surface area contributed by atoms with Gasteiger partial charge in [0.05, 0.1) is 0 Å². The molecule has 0 aromatic carbocycles. The molecule has 0 radical (unpaired) electrons. The molecule has 1 aliphatic rings. The van der Waals surface area contributed by atoms with Gasteiger partial charge in [-0.25, -0.2) is 9.59 Å². The summed E-state index contributed by atoms with van der Waals surface area (Å²) in [5, 5.41) is 11.7. The summed E-state index contributed by atoms with van der Waals surface area (Å²) >= 11 is 0. The van der Waals surface area contributed by atoms with Crippen molar-refractivity contribution < 1.29 is 14.7 Å². The molecule has 20 heavy (non-hydrogen) atoms. The van der Waals surface area contributed by atoms with E-state index in [2.05, 4.69) is 24.3 Å². The van der Waals surface area contributed by atoms with Gasteiger partial charge in [-0.3, -0.25) is 0 Å². The van der Waals surface area contributed by atoms with Crippen LogP contribution in [0.4, 0.5) is 4.79 Å². The molecular formula is C14H27N3O3. The first kappa shape index (κ1) is 16.8. The number of carboxylic acid groups (broad SMARTS) is 1. The summed E-state index contributed by atoms with van der Waals surface area (Å²) in [7, 11) is 4.11. The fourth-order valence-electron chi connectivity index (χ4n) is 2.62. The molecular weight excluding hydrogens is 258 g/mol. The molecule has 2 amide bonds. The normalized spacial score (nSPS) is 18.1. The van der Waals surface area contributed by atoms with Crippen molar-refractivity contribution >= 4 is 12.0 Å². The van der Waals surface area contributed by atoms with Gasteiger partial charge in [0.25, 0.3) is 0 Å². The van der Waals surface area contributed by atoms with Crippen LogP contribution in [0.3, 0.4) is 0 Å². The second-order valence-electron chi connectivity index (χ2n) is 5.82. The second kappa shape index (κ2) is 8.09. The molecule has 2 N–H and O–H groups in total. The molecule has 1 rings (SSSR count). The third kappa shape index (κ3) is 5.36. The Morgan fingerprint density at radius 2 is 1.95 bits per heavy atom. The highest BCUT2D eigenvalue weighted by Crippen LogP contribution is 2.17. The Bertz CT molecular complexity index is 326. The number of likely N-dealkylation sites (tertiary alicyclic amines) is 1. The minimum absolute atomic E-state index is 0.242. The monoisotopic (exact) mass is 285 g/mol. The molecule has 0 aromatic heterocycles. The van der Waals surface area contributed by atoms with Crippen LogP contribution in [0.1, 0.15) is 32.6 Å². The number of hydrogen-bond acceptors (Lipinski definition) is 3. The molecule has 0 spiro atoms. The minimum Gasteiger partial charge on any atom is -0.480 e. The van der Waals surface area contributed by atoms with Gasteiger partial charge in [0.15, 0.2) is 0 Å². The van der Waals surface area contributed by atoms with Crippen molar-refractivity contribution in [3.05, 3.63) is 0 Å². The number of nitrogens with zero attached hydrogens (tertiary/aromatic N) is 2. The summed E-state index contributed by atoms with van der Waals surface area (Å²) in [6, 6.07) is -1.01. The second-order valence-corrected chi connectivity index (χ2v) is 5.82. The van der Waals surface area contributed by atoms with Crippen molar-refractivity contribution in [2.75, 3.05) is 33.7 Å². The van der Waals surface area contributed by atoms with E-state index in [9.17, 15) is 9.59 Å². The maximum absolute atomic E-state index is 12.1. The topological polar surface area (TPSA) is 72.9 Å². The Labute approximate surface area is 121 Å². The lowest BCUT2D eigenvalue weighted by Gasteiger charge is -2.33. The highest BCUT2D eigenvalue weighted by molar-refractivity contribution is 5.82. The van der Waals surface area contributed by atoms with Crippen molar-refractivity contribution in [1.82, 2.24) is 15.1 Å². The SMILES string of the molecule is CCCC(NC(=O)N1CCC(CN(C)C)CC1)C(=O)O. The van der Waals surface area contributed by atoms with E-state index in [0.29, 0.717) is 25.4 Å². The standard InChI is InChI=1S/C14H27N3O3/c1-4-5-12(13(18)19)15-14(20)17-8-6-11(7-9-17)10-16(2)3/h11-12H,4-10H2,1-3H3,(H,15,20)(H,18,19). The van der Waals surface area contributed by atoms with Crippen LogP contribution in [0.15, 0.2) is 0 Å². The van der Waals surface area contributed by atoms with Crippen molar-refractivity contribution in [3.8, 4) is 0 Å². The number of carboxylic acids is 1. The van der Waals surface area contributed by atoms with E-state index >= 15 is 0 Å². The third-order valence-corrected chi connectivity index (χ3v) is 3.70. The number of carbonyl (C=O) groups is 2. The van der Waals surface area contributed by atoms with Crippen LogP contribution in [0.2, 0.25) is 0 Å². The van der Waals surface area contributed by atoms with E-state index in [1.165, 1.54) is 0 Å². The first-order chi connectivity index (χ1) is 9.43. The number of urea groups is 1. The number of carbonyl (C=O) groups excluding carboxylic acids is 1.